The normalized spacial score (nSPS) is 11.1. The molecule has 1 amide bonds. The minimum Gasteiger partial charge on any atom is -0.481 e. The number of hydrogen-bond donors (Lipinski definition) is 1. The molecule has 0 atom stereocenters. The molecule has 1 N–H and O–H groups in total. The van der Waals surface area contributed by atoms with E-state index in [1.54, 1.807) is 78.4 Å². The fourth-order valence-corrected chi connectivity index (χ4v) is 4.01. The molecule has 0 fully saturated rings. The number of hydrogen-bond acceptors (Lipinski definition) is 6. The molecule has 0 radical (unpaired) electrons. The second kappa shape index (κ2) is 8.82. The first kappa shape index (κ1) is 22.0. The van der Waals surface area contributed by atoms with E-state index in [9.17, 15) is 14.4 Å². The van der Waals surface area contributed by atoms with E-state index in [4.69, 9.17) is 5.11 Å². The number of rotatable bonds is 6. The summed E-state index contributed by atoms with van der Waals surface area (Å²) in [5.74, 6) is -0.805. The van der Waals surface area contributed by atoms with Crippen molar-refractivity contribution < 1.29 is 14.7 Å². The second-order valence-corrected chi connectivity index (χ2v) is 8.08. The number of aliphatic carboxylic acids is 1. The van der Waals surface area contributed by atoms with Crippen LogP contribution in [0, 0.1) is 0 Å². The van der Waals surface area contributed by atoms with Crippen molar-refractivity contribution in [1.82, 2.24) is 24.1 Å². The summed E-state index contributed by atoms with van der Waals surface area (Å²) >= 11 is 0. The third-order valence-electron chi connectivity index (χ3n) is 5.82. The maximum Gasteiger partial charge on any atom is 0.307 e. The first-order valence-electron chi connectivity index (χ1n) is 10.8. The van der Waals surface area contributed by atoms with E-state index >= 15 is 0 Å². The summed E-state index contributed by atoms with van der Waals surface area (Å²) < 4.78 is 3.19. The van der Waals surface area contributed by atoms with Crippen LogP contribution < -0.4 is 10.5 Å². The van der Waals surface area contributed by atoms with Gasteiger partial charge >= 0.3 is 5.97 Å². The Morgan fingerprint density at radius 3 is 2.43 bits per heavy atom. The number of benzene rings is 2. The fourth-order valence-electron chi connectivity index (χ4n) is 4.01. The van der Waals surface area contributed by atoms with Crippen LogP contribution in [0.1, 0.15) is 21.5 Å². The van der Waals surface area contributed by atoms with Gasteiger partial charge in [-0.3, -0.25) is 28.3 Å². The molecular weight excluding hydrogens is 448 g/mol. The summed E-state index contributed by atoms with van der Waals surface area (Å²) in [7, 11) is 1.66. The largest absolute Gasteiger partial charge is 0.481 e. The summed E-state index contributed by atoms with van der Waals surface area (Å²) in [5.41, 5.74) is 2.80. The molecule has 2 aromatic carbocycles. The molecule has 0 unspecified atom stereocenters. The van der Waals surface area contributed by atoms with Gasteiger partial charge in [0.25, 0.3) is 11.5 Å². The van der Waals surface area contributed by atoms with Gasteiger partial charge in [0.2, 0.25) is 5.78 Å². The number of anilines is 1. The molecule has 0 saturated carbocycles. The van der Waals surface area contributed by atoms with Gasteiger partial charge in [-0.15, -0.1) is 10.2 Å². The maximum atomic E-state index is 13.5. The van der Waals surface area contributed by atoms with Crippen molar-refractivity contribution in [3.8, 4) is 0 Å². The van der Waals surface area contributed by atoms with Crippen molar-refractivity contribution >= 4 is 34.2 Å². The third-order valence-corrected chi connectivity index (χ3v) is 5.82. The summed E-state index contributed by atoms with van der Waals surface area (Å²) in [6, 6.07) is 15.5. The van der Waals surface area contributed by atoms with Gasteiger partial charge in [0.15, 0.2) is 0 Å². The second-order valence-electron chi connectivity index (χ2n) is 8.08. The predicted molar refractivity (Wildman–Crippen MR) is 129 cm³/mol. The van der Waals surface area contributed by atoms with Gasteiger partial charge in [0.1, 0.15) is 6.33 Å². The van der Waals surface area contributed by atoms with Crippen molar-refractivity contribution in [3.63, 3.8) is 0 Å². The van der Waals surface area contributed by atoms with Crippen LogP contribution in [0.4, 0.5) is 5.69 Å². The number of carboxylic acids is 1. The van der Waals surface area contributed by atoms with Crippen LogP contribution >= 0.6 is 0 Å². The van der Waals surface area contributed by atoms with E-state index in [1.807, 2.05) is 0 Å². The van der Waals surface area contributed by atoms with Gasteiger partial charge in [-0.1, -0.05) is 24.3 Å². The van der Waals surface area contributed by atoms with E-state index < -0.39 is 5.97 Å². The number of pyridine rings is 1. The monoisotopic (exact) mass is 468 g/mol. The smallest absolute Gasteiger partial charge is 0.307 e. The first-order valence-corrected chi connectivity index (χ1v) is 10.8. The third kappa shape index (κ3) is 4.12. The van der Waals surface area contributed by atoms with Crippen LogP contribution in [0.2, 0.25) is 0 Å². The van der Waals surface area contributed by atoms with E-state index in [1.165, 1.54) is 15.8 Å². The molecule has 5 rings (SSSR count). The number of fused-ring (bicyclic) bond motifs is 3. The Balaban J connectivity index is 1.56. The van der Waals surface area contributed by atoms with Crippen LogP contribution in [-0.2, 0) is 17.8 Å². The lowest BCUT2D eigenvalue weighted by molar-refractivity contribution is -0.136. The highest BCUT2D eigenvalue weighted by atomic mass is 16.4. The molecule has 35 heavy (non-hydrogen) atoms. The van der Waals surface area contributed by atoms with Gasteiger partial charge in [0, 0.05) is 30.7 Å². The molecule has 3 aromatic heterocycles. The highest BCUT2D eigenvalue weighted by Gasteiger charge is 2.18. The lowest BCUT2D eigenvalue weighted by Crippen LogP contribution is -2.27. The maximum absolute atomic E-state index is 13.5. The molecule has 10 nitrogen and oxygen atoms in total. The summed E-state index contributed by atoms with van der Waals surface area (Å²) in [4.78, 5) is 43.1. The summed E-state index contributed by atoms with van der Waals surface area (Å²) in [6.07, 6.45) is 4.66. The molecule has 0 aliphatic heterocycles. The zero-order chi connectivity index (χ0) is 24.5. The molecule has 174 valence electrons. The minimum atomic E-state index is -0.909. The minimum absolute atomic E-state index is 0.0740. The van der Waals surface area contributed by atoms with Crippen LogP contribution in [0.3, 0.4) is 0 Å². The Labute approximate surface area is 198 Å². The van der Waals surface area contributed by atoms with E-state index in [0.717, 1.165) is 5.56 Å². The molecule has 5 aromatic rings. The number of amides is 1. The zero-order valence-corrected chi connectivity index (χ0v) is 18.7. The SMILES string of the molecule is CN(C(=O)c1ccc2c(c1)c(=O)n(Cc1ccc(CC(=O)O)cc1)c1nncn21)c1ccncc1. The highest BCUT2D eigenvalue weighted by Crippen LogP contribution is 2.19. The average molecular weight is 468 g/mol. The first-order chi connectivity index (χ1) is 16.9. The van der Waals surface area contributed by atoms with Crippen molar-refractivity contribution in [1.29, 1.82) is 0 Å². The Kier molecular flexibility index (Phi) is 5.54. The predicted octanol–water partition coefficient (Wildman–Crippen LogP) is 2.39. The van der Waals surface area contributed by atoms with Crippen molar-refractivity contribution in [2.45, 2.75) is 13.0 Å². The number of carbonyl (C=O) groups is 2. The number of carbonyl (C=O) groups excluding carboxylic acids is 1. The van der Waals surface area contributed by atoms with Gasteiger partial charge < -0.3 is 10.0 Å². The molecule has 0 aliphatic carbocycles. The average Bonchev–Trinajstić information content (AvgIpc) is 3.36. The van der Waals surface area contributed by atoms with Crippen molar-refractivity contribution in [3.05, 3.63) is 100 Å². The molecule has 0 saturated heterocycles. The molecule has 3 heterocycles. The Hall–Kier alpha value is -4.86. The van der Waals surface area contributed by atoms with Gasteiger partial charge in [-0.05, 0) is 41.5 Å². The molecule has 0 spiro atoms. The Bertz CT molecular complexity index is 1620. The van der Waals surface area contributed by atoms with Gasteiger partial charge in [-0.2, -0.15) is 0 Å². The van der Waals surface area contributed by atoms with Crippen LogP contribution in [-0.4, -0.2) is 48.2 Å². The number of nitrogens with zero attached hydrogens (tertiary/aromatic N) is 6. The lowest BCUT2D eigenvalue weighted by Gasteiger charge is -2.17. The van der Waals surface area contributed by atoms with E-state index in [-0.39, 0.29) is 24.4 Å². The van der Waals surface area contributed by atoms with E-state index in [0.29, 0.717) is 33.5 Å². The molecule has 0 aliphatic rings. The number of carboxylic acid groups (broad SMARTS) is 1. The van der Waals surface area contributed by atoms with Crippen LogP contribution in [0.5, 0.6) is 0 Å². The number of aromatic nitrogens is 5. The van der Waals surface area contributed by atoms with E-state index in [2.05, 4.69) is 15.2 Å². The quantitative estimate of drug-likeness (QED) is 0.406. The summed E-state index contributed by atoms with van der Waals surface area (Å²) in [6.45, 7) is 0.208. The van der Waals surface area contributed by atoms with Gasteiger partial charge in [-0.25, -0.2) is 0 Å². The summed E-state index contributed by atoms with van der Waals surface area (Å²) in [5, 5.41) is 17.4. The highest BCUT2D eigenvalue weighted by molar-refractivity contribution is 6.07. The molecule has 10 heteroatoms. The Morgan fingerprint density at radius 2 is 1.71 bits per heavy atom. The van der Waals surface area contributed by atoms with Crippen LogP contribution in [0.15, 0.2) is 78.1 Å². The van der Waals surface area contributed by atoms with Crippen molar-refractivity contribution in [2.75, 3.05) is 11.9 Å². The molecule has 0 bridgehead atoms. The molecular formula is C25H20N6O4. The van der Waals surface area contributed by atoms with Gasteiger partial charge in [0.05, 0.1) is 23.9 Å². The van der Waals surface area contributed by atoms with Crippen LogP contribution in [0.25, 0.3) is 16.7 Å². The Morgan fingerprint density at radius 1 is 1.00 bits per heavy atom. The standard InChI is InChI=1S/C25H20N6O4/c1-29(19-8-10-26-11-9-19)23(34)18-6-7-21-20(13-18)24(35)30(25-28-27-15-31(21)25)14-17-4-2-16(3-5-17)12-22(32)33/h2-11,13,15H,12,14H2,1H3,(H,32,33). The topological polar surface area (TPSA) is 123 Å². The zero-order valence-electron chi connectivity index (χ0n) is 18.7. The lowest BCUT2D eigenvalue weighted by atomic mass is 10.1. The van der Waals surface area contributed by atoms with Crippen molar-refractivity contribution in [2.24, 2.45) is 0 Å². The fraction of sp³-hybridized carbons (Fsp3) is 0.120.